The average molecular weight is 771 g/mol. The number of nitriles is 1. The molecule has 16 heteroatoms. The molecule has 0 bridgehead atoms. The van der Waals surface area contributed by atoms with Crippen LogP contribution >= 0.6 is 0 Å². The zero-order chi connectivity index (χ0) is 40.6. The van der Waals surface area contributed by atoms with Crippen molar-refractivity contribution in [2.24, 2.45) is 11.8 Å². The maximum absolute atomic E-state index is 13.7. The van der Waals surface area contributed by atoms with Gasteiger partial charge in [0.25, 0.3) is 5.91 Å². The van der Waals surface area contributed by atoms with Crippen molar-refractivity contribution < 1.29 is 48.0 Å². The van der Waals surface area contributed by atoms with Gasteiger partial charge in [-0.25, -0.2) is 19.1 Å². The summed E-state index contributed by atoms with van der Waals surface area (Å²) in [7, 11) is 0. The molecule has 3 heterocycles. The number of hydrogen-bond acceptors (Lipinski definition) is 13. The van der Waals surface area contributed by atoms with Crippen LogP contribution in [-0.2, 0) is 43.7 Å². The predicted molar refractivity (Wildman–Crippen MR) is 199 cm³/mol. The van der Waals surface area contributed by atoms with Crippen LogP contribution in [0.25, 0.3) is 5.52 Å². The molecule has 55 heavy (non-hydrogen) atoms. The molecule has 0 unspecified atom stereocenters. The van der Waals surface area contributed by atoms with Crippen LogP contribution in [0.4, 0.5) is 10.6 Å². The molecule has 1 saturated carbocycles. The van der Waals surface area contributed by atoms with Crippen LogP contribution < -0.4 is 10.6 Å². The number of aromatic nitrogens is 3. The summed E-state index contributed by atoms with van der Waals surface area (Å²) in [6.45, 7) is 13.7. The van der Waals surface area contributed by atoms with Crippen molar-refractivity contribution in [3.05, 3.63) is 24.2 Å². The van der Waals surface area contributed by atoms with E-state index in [0.29, 0.717) is 6.61 Å². The smallest absolute Gasteiger partial charge is 0.408 e. The second-order valence-electron chi connectivity index (χ2n) is 16.3. The average Bonchev–Trinajstić information content (AvgIpc) is 3.54. The standard InChI is InChI=1S/C39H58N6O10/c1-9-10-19-52-38(7,8)35(49)44-33-26-17-18-28(45(26)42-23-41-33)39(22-40)32(47)31(53-34(48)30(24(2)3)43-36(50)55-37(4,5)6)27(54-39)21-51-29(46)20-25-15-13-11-12-14-16-25/h17-18,23-25,27,30-32,47H,9-16,19-21H2,1-8H3,(H,43,50)(H,41,42,44,49)/t27-,30+,31-,32-,39+/m1/s1. The first-order valence-corrected chi connectivity index (χ1v) is 19.3. The van der Waals surface area contributed by atoms with Gasteiger partial charge in [0.15, 0.2) is 11.9 Å². The van der Waals surface area contributed by atoms with Gasteiger partial charge in [-0.2, -0.15) is 10.4 Å². The van der Waals surface area contributed by atoms with Crippen LogP contribution in [0.15, 0.2) is 18.5 Å². The molecule has 3 N–H and O–H groups in total. The largest absolute Gasteiger partial charge is 0.463 e. The summed E-state index contributed by atoms with van der Waals surface area (Å²) in [4.78, 5) is 57.0. The lowest BCUT2D eigenvalue weighted by Crippen LogP contribution is -2.50. The molecule has 2 amide bonds. The molecule has 0 spiro atoms. The van der Waals surface area contributed by atoms with Crippen molar-refractivity contribution in [3.8, 4) is 6.07 Å². The molecule has 2 fully saturated rings. The number of unbranched alkanes of at least 4 members (excludes halogenated alkanes) is 1. The number of amides is 2. The van der Waals surface area contributed by atoms with Crippen LogP contribution in [0.5, 0.6) is 0 Å². The Morgan fingerprint density at radius 3 is 2.42 bits per heavy atom. The van der Waals surface area contributed by atoms with E-state index >= 15 is 0 Å². The molecule has 1 aliphatic heterocycles. The maximum Gasteiger partial charge on any atom is 0.408 e. The van der Waals surface area contributed by atoms with Crippen molar-refractivity contribution in [1.82, 2.24) is 19.9 Å². The topological polar surface area (TPSA) is 213 Å². The highest BCUT2D eigenvalue weighted by atomic mass is 16.6. The Hall–Kier alpha value is -4.33. The SMILES string of the molecule is CCCCOC(C)(C)C(=O)Nc1ncnn2c([C@]3(C#N)O[C@H](COC(=O)CC4CCCCCC4)[C@@H](OC(=O)[C@@H](NC(=O)OC(C)(C)C)C(C)C)[C@H]3O)ccc12. The first kappa shape index (κ1) is 43.4. The lowest BCUT2D eigenvalue weighted by atomic mass is 9.92. The fourth-order valence-corrected chi connectivity index (χ4v) is 6.73. The summed E-state index contributed by atoms with van der Waals surface area (Å²) < 4.78 is 30.3. The van der Waals surface area contributed by atoms with Crippen molar-refractivity contribution in [2.45, 2.75) is 154 Å². The lowest BCUT2D eigenvalue weighted by molar-refractivity contribution is -0.163. The van der Waals surface area contributed by atoms with E-state index in [1.165, 1.54) is 16.9 Å². The van der Waals surface area contributed by atoms with Gasteiger partial charge in [0.2, 0.25) is 5.60 Å². The molecule has 2 aliphatic rings. The predicted octanol–water partition coefficient (Wildman–Crippen LogP) is 5.11. The Bertz CT molecular complexity index is 1690. The Morgan fingerprint density at radius 1 is 1.11 bits per heavy atom. The summed E-state index contributed by atoms with van der Waals surface area (Å²) >= 11 is 0. The summed E-state index contributed by atoms with van der Waals surface area (Å²) in [5, 5.41) is 32.3. The summed E-state index contributed by atoms with van der Waals surface area (Å²) in [6.07, 6.45) is 3.70. The van der Waals surface area contributed by atoms with Crippen LogP contribution in [0.2, 0.25) is 0 Å². The normalized spacial score (nSPS) is 22.7. The number of aliphatic hydroxyl groups excluding tert-OH is 1. The van der Waals surface area contributed by atoms with E-state index in [0.717, 1.165) is 51.4 Å². The van der Waals surface area contributed by atoms with Crippen LogP contribution in [0.1, 0.15) is 119 Å². The number of nitrogens with one attached hydrogen (secondary N) is 2. The molecule has 2 aromatic rings. The molecule has 304 valence electrons. The third kappa shape index (κ3) is 10.9. The van der Waals surface area contributed by atoms with Crippen molar-refractivity contribution in [3.63, 3.8) is 0 Å². The molecule has 1 aliphatic carbocycles. The highest BCUT2D eigenvalue weighted by Crippen LogP contribution is 2.42. The second-order valence-corrected chi connectivity index (χ2v) is 16.3. The fourth-order valence-electron chi connectivity index (χ4n) is 6.73. The minimum atomic E-state index is -2.21. The van der Waals surface area contributed by atoms with E-state index in [-0.39, 0.29) is 29.4 Å². The maximum atomic E-state index is 13.7. The Morgan fingerprint density at radius 2 is 1.80 bits per heavy atom. The van der Waals surface area contributed by atoms with Gasteiger partial charge in [0.1, 0.15) is 54.0 Å². The number of anilines is 1. The van der Waals surface area contributed by atoms with Gasteiger partial charge in [0.05, 0.1) is 5.69 Å². The highest BCUT2D eigenvalue weighted by molar-refractivity contribution is 5.98. The van der Waals surface area contributed by atoms with Gasteiger partial charge in [-0.3, -0.25) is 9.59 Å². The molecular weight excluding hydrogens is 712 g/mol. The summed E-state index contributed by atoms with van der Waals surface area (Å²) in [5.74, 6) is -2.04. The van der Waals surface area contributed by atoms with Gasteiger partial charge < -0.3 is 39.4 Å². The van der Waals surface area contributed by atoms with Crippen molar-refractivity contribution in [2.75, 3.05) is 18.5 Å². The molecule has 2 aromatic heterocycles. The molecule has 0 aromatic carbocycles. The van der Waals surface area contributed by atoms with E-state index in [2.05, 4.69) is 26.8 Å². The van der Waals surface area contributed by atoms with Crippen LogP contribution in [0.3, 0.4) is 0 Å². The van der Waals surface area contributed by atoms with Crippen molar-refractivity contribution >= 4 is 35.3 Å². The van der Waals surface area contributed by atoms with Gasteiger partial charge in [-0.15, -0.1) is 0 Å². The third-order valence-corrected chi connectivity index (χ3v) is 9.85. The van der Waals surface area contributed by atoms with E-state index in [9.17, 15) is 29.5 Å². The lowest BCUT2D eigenvalue weighted by Gasteiger charge is -2.28. The van der Waals surface area contributed by atoms with E-state index in [1.54, 1.807) is 54.5 Å². The summed E-state index contributed by atoms with van der Waals surface area (Å²) in [5.41, 5.74) is -3.92. The van der Waals surface area contributed by atoms with E-state index in [1.807, 2.05) is 6.92 Å². The Kier molecular flexibility index (Phi) is 14.6. The Balaban J connectivity index is 1.64. The van der Waals surface area contributed by atoms with E-state index in [4.69, 9.17) is 23.7 Å². The fraction of sp³-hybridized carbons (Fsp3) is 0.718. The third-order valence-electron chi connectivity index (χ3n) is 9.85. The highest BCUT2D eigenvalue weighted by Gasteiger charge is 2.60. The summed E-state index contributed by atoms with van der Waals surface area (Å²) in [6, 6.07) is 3.88. The zero-order valence-corrected chi connectivity index (χ0v) is 33.4. The van der Waals surface area contributed by atoms with Gasteiger partial charge in [-0.05, 0) is 77.8 Å². The number of hydrogen-bond donors (Lipinski definition) is 3. The number of carbonyl (C=O) groups excluding carboxylic acids is 4. The monoisotopic (exact) mass is 770 g/mol. The van der Waals surface area contributed by atoms with Crippen LogP contribution in [-0.4, -0.2) is 92.4 Å². The quantitative estimate of drug-likeness (QED) is 0.0932. The molecule has 5 atom stereocenters. The Labute approximate surface area is 322 Å². The number of alkyl carbamates (subject to hydrolysis) is 1. The molecular formula is C39H58N6O10. The van der Waals surface area contributed by atoms with Gasteiger partial charge >= 0.3 is 18.0 Å². The van der Waals surface area contributed by atoms with Crippen LogP contribution in [0, 0.1) is 23.2 Å². The number of carbonyl (C=O) groups is 4. The second kappa shape index (κ2) is 18.5. The van der Waals surface area contributed by atoms with Gasteiger partial charge in [-0.1, -0.05) is 52.9 Å². The van der Waals surface area contributed by atoms with E-state index < -0.39 is 77.6 Å². The molecule has 1 saturated heterocycles. The number of rotatable bonds is 15. The van der Waals surface area contributed by atoms with Gasteiger partial charge in [0, 0.05) is 13.0 Å². The van der Waals surface area contributed by atoms with Crippen molar-refractivity contribution in [1.29, 1.82) is 5.26 Å². The zero-order valence-electron chi connectivity index (χ0n) is 33.4. The molecule has 16 nitrogen and oxygen atoms in total. The molecule has 0 radical (unpaired) electrons. The number of ether oxygens (including phenoxy) is 5. The number of nitrogens with zero attached hydrogens (tertiary/aromatic N) is 4. The minimum absolute atomic E-state index is 0.0366. The number of esters is 2. The first-order chi connectivity index (χ1) is 25.9. The molecule has 4 rings (SSSR count). The minimum Gasteiger partial charge on any atom is -0.463 e. The number of aliphatic hydroxyl groups is 1. The first-order valence-electron chi connectivity index (χ1n) is 19.3. The number of fused-ring (bicyclic) bond motifs is 1.